The third-order valence-electron chi connectivity index (χ3n) is 4.39. The molecule has 5 heteroatoms. The third kappa shape index (κ3) is 4.80. The van der Waals surface area contributed by atoms with Crippen molar-refractivity contribution in [2.24, 2.45) is 0 Å². The normalized spacial score (nSPS) is 16.0. The minimum atomic E-state index is 0.0359. The molecule has 1 amide bonds. The van der Waals surface area contributed by atoms with Crippen LogP contribution in [0.1, 0.15) is 24.1 Å². The Morgan fingerprint density at radius 3 is 2.58 bits per heavy atom. The zero-order valence-electron chi connectivity index (χ0n) is 13.8. The fourth-order valence-corrected chi connectivity index (χ4v) is 3.06. The number of carbonyl (C=O) groups excluding carboxylic acids is 1. The van der Waals surface area contributed by atoms with Crippen LogP contribution in [0.2, 0.25) is 0 Å². The van der Waals surface area contributed by atoms with Gasteiger partial charge in [0.1, 0.15) is 0 Å². The van der Waals surface area contributed by atoms with Crippen molar-refractivity contribution in [3.05, 3.63) is 59.9 Å². The van der Waals surface area contributed by atoms with Crippen LogP contribution in [0.15, 0.2) is 48.7 Å². The zero-order valence-corrected chi connectivity index (χ0v) is 13.8. The maximum atomic E-state index is 12.1. The summed E-state index contributed by atoms with van der Waals surface area (Å²) >= 11 is 0. The van der Waals surface area contributed by atoms with Gasteiger partial charge in [0.05, 0.1) is 18.3 Å². The van der Waals surface area contributed by atoms with Gasteiger partial charge in [0.25, 0.3) is 0 Å². The van der Waals surface area contributed by atoms with E-state index < -0.39 is 0 Å². The van der Waals surface area contributed by atoms with E-state index in [2.05, 4.69) is 39.5 Å². The Kier molecular flexibility index (Phi) is 5.43. The molecule has 24 heavy (non-hydrogen) atoms. The van der Waals surface area contributed by atoms with Crippen LogP contribution in [-0.4, -0.2) is 34.9 Å². The molecular formula is C19H24N4O. The molecule has 2 aromatic rings. The number of piperidine rings is 1. The van der Waals surface area contributed by atoms with E-state index in [9.17, 15) is 4.79 Å². The second-order valence-electron chi connectivity index (χ2n) is 6.36. The lowest BCUT2D eigenvalue weighted by Gasteiger charge is -2.32. The lowest BCUT2D eigenvalue weighted by molar-refractivity contribution is -0.121. The van der Waals surface area contributed by atoms with Gasteiger partial charge in [0, 0.05) is 31.4 Å². The van der Waals surface area contributed by atoms with Gasteiger partial charge in [-0.25, -0.2) is 0 Å². The standard InChI is InChI=1S/C19H24N4O/c20-16-6-7-18(21-13-16)12-19(24)22-17-8-10-23(11-9-17)14-15-4-2-1-3-5-15/h1-7,13,17H,8-12,14,20H2,(H,22,24). The summed E-state index contributed by atoms with van der Waals surface area (Å²) in [7, 11) is 0. The molecule has 3 rings (SSSR count). The molecule has 0 bridgehead atoms. The second-order valence-corrected chi connectivity index (χ2v) is 6.36. The van der Waals surface area contributed by atoms with Crippen LogP contribution in [0.3, 0.4) is 0 Å². The molecule has 1 aliphatic rings. The first kappa shape index (κ1) is 16.5. The summed E-state index contributed by atoms with van der Waals surface area (Å²) in [5.74, 6) is 0.0359. The second kappa shape index (κ2) is 7.93. The van der Waals surface area contributed by atoms with Crippen molar-refractivity contribution in [2.75, 3.05) is 18.8 Å². The molecule has 0 atom stereocenters. The highest BCUT2D eigenvalue weighted by molar-refractivity contribution is 5.78. The number of hydrogen-bond donors (Lipinski definition) is 2. The van der Waals surface area contributed by atoms with Gasteiger partial charge in [-0.15, -0.1) is 0 Å². The summed E-state index contributed by atoms with van der Waals surface area (Å²) in [6, 6.07) is 14.4. The minimum absolute atomic E-state index is 0.0359. The van der Waals surface area contributed by atoms with Crippen LogP contribution < -0.4 is 11.1 Å². The number of nitrogen functional groups attached to an aromatic ring is 1. The van der Waals surface area contributed by atoms with Gasteiger partial charge < -0.3 is 11.1 Å². The van der Waals surface area contributed by atoms with E-state index in [1.54, 1.807) is 18.3 Å². The van der Waals surface area contributed by atoms with Crippen molar-refractivity contribution >= 4 is 11.6 Å². The molecule has 0 spiro atoms. The number of likely N-dealkylation sites (tertiary alicyclic amines) is 1. The van der Waals surface area contributed by atoms with Crippen molar-refractivity contribution in [1.82, 2.24) is 15.2 Å². The van der Waals surface area contributed by atoms with Crippen LogP contribution in [0, 0.1) is 0 Å². The van der Waals surface area contributed by atoms with Crippen molar-refractivity contribution in [3.8, 4) is 0 Å². The SMILES string of the molecule is Nc1ccc(CC(=O)NC2CCN(Cc3ccccc3)CC2)nc1. The van der Waals surface area contributed by atoms with Crippen molar-refractivity contribution in [1.29, 1.82) is 0 Å². The summed E-state index contributed by atoms with van der Waals surface area (Å²) in [4.78, 5) is 18.8. The van der Waals surface area contributed by atoms with Crippen LogP contribution in [0.25, 0.3) is 0 Å². The lowest BCUT2D eigenvalue weighted by Crippen LogP contribution is -2.44. The summed E-state index contributed by atoms with van der Waals surface area (Å²) in [6.45, 7) is 3.01. The lowest BCUT2D eigenvalue weighted by atomic mass is 10.0. The van der Waals surface area contributed by atoms with E-state index in [0.717, 1.165) is 38.2 Å². The number of nitrogens with zero attached hydrogens (tertiary/aromatic N) is 2. The highest BCUT2D eigenvalue weighted by Crippen LogP contribution is 2.14. The van der Waals surface area contributed by atoms with Gasteiger partial charge in [-0.3, -0.25) is 14.7 Å². The molecule has 1 aromatic carbocycles. The smallest absolute Gasteiger partial charge is 0.226 e. The number of nitrogens with two attached hydrogens (primary N) is 1. The van der Waals surface area contributed by atoms with E-state index in [0.29, 0.717) is 12.1 Å². The molecular weight excluding hydrogens is 300 g/mol. The van der Waals surface area contributed by atoms with Crippen LogP contribution >= 0.6 is 0 Å². The summed E-state index contributed by atoms with van der Waals surface area (Å²) in [5.41, 5.74) is 8.32. The van der Waals surface area contributed by atoms with Crippen LogP contribution in [-0.2, 0) is 17.8 Å². The summed E-state index contributed by atoms with van der Waals surface area (Å²) in [5, 5.41) is 3.13. The number of aromatic nitrogens is 1. The minimum Gasteiger partial charge on any atom is -0.397 e. The van der Waals surface area contributed by atoms with Crippen molar-refractivity contribution in [3.63, 3.8) is 0 Å². The molecule has 0 aliphatic carbocycles. The summed E-state index contributed by atoms with van der Waals surface area (Å²) < 4.78 is 0. The highest BCUT2D eigenvalue weighted by Gasteiger charge is 2.20. The van der Waals surface area contributed by atoms with E-state index in [1.165, 1.54) is 5.56 Å². The summed E-state index contributed by atoms with van der Waals surface area (Å²) in [6.07, 6.45) is 3.89. The molecule has 126 valence electrons. The average molecular weight is 324 g/mol. The van der Waals surface area contributed by atoms with Gasteiger partial charge in [0.2, 0.25) is 5.91 Å². The van der Waals surface area contributed by atoms with E-state index in [-0.39, 0.29) is 11.9 Å². The Morgan fingerprint density at radius 1 is 1.17 bits per heavy atom. The predicted molar refractivity (Wildman–Crippen MR) is 95.2 cm³/mol. The van der Waals surface area contributed by atoms with Gasteiger partial charge in [0.15, 0.2) is 0 Å². The van der Waals surface area contributed by atoms with E-state index in [4.69, 9.17) is 5.73 Å². The Hall–Kier alpha value is -2.40. The monoisotopic (exact) mass is 324 g/mol. The zero-order chi connectivity index (χ0) is 16.8. The number of nitrogens with one attached hydrogen (secondary N) is 1. The van der Waals surface area contributed by atoms with Crippen molar-refractivity contribution < 1.29 is 4.79 Å². The topological polar surface area (TPSA) is 71.2 Å². The van der Waals surface area contributed by atoms with Gasteiger partial charge in [-0.1, -0.05) is 30.3 Å². The number of hydrogen-bond acceptors (Lipinski definition) is 4. The molecule has 1 fully saturated rings. The number of pyridine rings is 1. The largest absolute Gasteiger partial charge is 0.397 e. The van der Waals surface area contributed by atoms with Gasteiger partial charge in [-0.05, 0) is 30.5 Å². The number of amides is 1. The Labute approximate surface area is 142 Å². The Morgan fingerprint density at radius 2 is 1.92 bits per heavy atom. The highest BCUT2D eigenvalue weighted by atomic mass is 16.1. The molecule has 1 aliphatic heterocycles. The molecule has 1 aromatic heterocycles. The average Bonchev–Trinajstić information content (AvgIpc) is 2.60. The van der Waals surface area contributed by atoms with Gasteiger partial charge in [-0.2, -0.15) is 0 Å². The molecule has 0 radical (unpaired) electrons. The number of benzene rings is 1. The van der Waals surface area contributed by atoms with Crippen LogP contribution in [0.4, 0.5) is 5.69 Å². The van der Waals surface area contributed by atoms with E-state index in [1.807, 2.05) is 6.07 Å². The molecule has 5 nitrogen and oxygen atoms in total. The maximum Gasteiger partial charge on any atom is 0.226 e. The molecule has 1 saturated heterocycles. The first-order valence-electron chi connectivity index (χ1n) is 8.45. The van der Waals surface area contributed by atoms with Crippen molar-refractivity contribution in [2.45, 2.75) is 31.8 Å². The molecule has 2 heterocycles. The fraction of sp³-hybridized carbons (Fsp3) is 0.368. The van der Waals surface area contributed by atoms with Crippen LogP contribution in [0.5, 0.6) is 0 Å². The maximum absolute atomic E-state index is 12.1. The first-order valence-corrected chi connectivity index (χ1v) is 8.45. The van der Waals surface area contributed by atoms with Gasteiger partial charge >= 0.3 is 0 Å². The molecule has 0 saturated carbocycles. The Bertz CT molecular complexity index is 649. The quantitative estimate of drug-likeness (QED) is 0.882. The first-order chi connectivity index (χ1) is 11.7. The third-order valence-corrected chi connectivity index (χ3v) is 4.39. The number of carbonyl (C=O) groups is 1. The molecule has 3 N–H and O–H groups in total. The molecule has 0 unspecified atom stereocenters. The number of anilines is 1. The number of rotatable bonds is 5. The Balaban J connectivity index is 1.41. The van der Waals surface area contributed by atoms with E-state index >= 15 is 0 Å². The predicted octanol–water partition coefficient (Wildman–Crippen LogP) is 1.99. The fourth-order valence-electron chi connectivity index (χ4n) is 3.06.